The fourth-order valence-electron chi connectivity index (χ4n) is 3.30. The Labute approximate surface area is 173 Å². The first kappa shape index (κ1) is 19.2. The number of hydrogen-bond acceptors (Lipinski definition) is 2. The molecule has 3 aromatic carbocycles. The summed E-state index contributed by atoms with van der Waals surface area (Å²) in [4.78, 5) is 9.18. The molecular formula is C26H23N2P. The number of aliphatic imine (C=N–C) groups is 1. The van der Waals surface area contributed by atoms with E-state index >= 15 is 0 Å². The summed E-state index contributed by atoms with van der Waals surface area (Å²) in [5.74, 6) is 0. The second kappa shape index (κ2) is 9.41. The molecule has 142 valence electrons. The molecule has 4 aromatic rings. The predicted octanol–water partition coefficient (Wildman–Crippen LogP) is 4.77. The lowest BCUT2D eigenvalue weighted by Gasteiger charge is -2.21. The third kappa shape index (κ3) is 4.67. The van der Waals surface area contributed by atoms with Crippen molar-refractivity contribution in [2.24, 2.45) is 4.99 Å². The van der Waals surface area contributed by atoms with Crippen molar-refractivity contribution in [1.82, 2.24) is 4.98 Å². The fraction of sp³-hybridized carbons (Fsp3) is 0.0769. The van der Waals surface area contributed by atoms with Crippen molar-refractivity contribution in [3.05, 3.63) is 120 Å². The molecule has 0 aliphatic carbocycles. The summed E-state index contributed by atoms with van der Waals surface area (Å²) in [6.07, 6.45) is 3.83. The highest BCUT2D eigenvalue weighted by molar-refractivity contribution is 7.80. The van der Waals surface area contributed by atoms with Crippen LogP contribution in [0.25, 0.3) is 0 Å². The van der Waals surface area contributed by atoms with Crippen LogP contribution in [0, 0.1) is 6.92 Å². The summed E-state index contributed by atoms with van der Waals surface area (Å²) >= 11 is 0. The Morgan fingerprint density at radius 2 is 1.38 bits per heavy atom. The summed E-state index contributed by atoms with van der Waals surface area (Å²) in [6.45, 7) is 2.67. The minimum absolute atomic E-state index is 0.593. The molecule has 0 atom stereocenters. The van der Waals surface area contributed by atoms with Crippen LogP contribution in [-0.2, 0) is 6.54 Å². The first-order chi connectivity index (χ1) is 14.3. The van der Waals surface area contributed by atoms with E-state index in [1.54, 1.807) is 0 Å². The molecule has 0 radical (unpaired) electrons. The van der Waals surface area contributed by atoms with Crippen molar-refractivity contribution in [3.63, 3.8) is 0 Å². The molecule has 0 bridgehead atoms. The summed E-state index contributed by atoms with van der Waals surface area (Å²) in [5, 5.41) is 4.01. The summed E-state index contributed by atoms with van der Waals surface area (Å²) in [5.41, 5.74) is 3.36. The quantitative estimate of drug-likeness (QED) is 0.342. The third-order valence-corrected chi connectivity index (χ3v) is 7.31. The molecule has 0 saturated carbocycles. The zero-order chi connectivity index (χ0) is 19.9. The maximum absolute atomic E-state index is 4.73. The zero-order valence-corrected chi connectivity index (χ0v) is 17.3. The highest BCUT2D eigenvalue weighted by Crippen LogP contribution is 2.33. The van der Waals surface area contributed by atoms with Crippen LogP contribution in [0.15, 0.2) is 108 Å². The molecule has 29 heavy (non-hydrogen) atoms. The first-order valence-corrected chi connectivity index (χ1v) is 11.1. The lowest BCUT2D eigenvalue weighted by Crippen LogP contribution is -2.23. The van der Waals surface area contributed by atoms with Crippen molar-refractivity contribution in [3.8, 4) is 0 Å². The number of rotatable bonds is 6. The van der Waals surface area contributed by atoms with Gasteiger partial charge in [-0.1, -0.05) is 91.0 Å². The minimum atomic E-state index is -0.651. The Bertz CT molecular complexity index is 1050. The van der Waals surface area contributed by atoms with Gasteiger partial charge in [0.2, 0.25) is 0 Å². The molecule has 0 fully saturated rings. The van der Waals surface area contributed by atoms with Gasteiger partial charge >= 0.3 is 0 Å². The van der Waals surface area contributed by atoms with Gasteiger partial charge in [0, 0.05) is 18.0 Å². The Morgan fingerprint density at radius 3 is 2.03 bits per heavy atom. The van der Waals surface area contributed by atoms with Crippen molar-refractivity contribution >= 4 is 30.0 Å². The molecule has 0 aliphatic heterocycles. The maximum Gasteiger partial charge on any atom is 0.0814 e. The molecule has 1 aromatic heterocycles. The van der Waals surface area contributed by atoms with E-state index in [1.165, 1.54) is 27.0 Å². The third-order valence-electron chi connectivity index (χ3n) is 4.80. The molecule has 4 rings (SSSR count). The average Bonchev–Trinajstić information content (AvgIpc) is 2.78. The summed E-state index contributed by atoms with van der Waals surface area (Å²) < 4.78 is 0. The molecule has 0 unspecified atom stereocenters. The lowest BCUT2D eigenvalue weighted by atomic mass is 10.2. The van der Waals surface area contributed by atoms with Crippen LogP contribution in [0.4, 0.5) is 0 Å². The second-order valence-electron chi connectivity index (χ2n) is 6.80. The van der Waals surface area contributed by atoms with Crippen molar-refractivity contribution in [2.75, 3.05) is 0 Å². The van der Waals surface area contributed by atoms with Crippen LogP contribution in [0.2, 0.25) is 0 Å². The van der Waals surface area contributed by atoms with Gasteiger partial charge in [-0.3, -0.25) is 9.98 Å². The Balaban J connectivity index is 1.71. The number of nitrogens with zero attached hydrogens (tertiary/aromatic N) is 2. The van der Waals surface area contributed by atoms with Crippen LogP contribution < -0.4 is 15.9 Å². The largest absolute Gasteiger partial charge is 0.286 e. The molecule has 0 amide bonds. The van der Waals surface area contributed by atoms with E-state index in [0.717, 1.165) is 5.69 Å². The van der Waals surface area contributed by atoms with Crippen molar-refractivity contribution < 1.29 is 0 Å². The molecule has 0 aliphatic rings. The van der Waals surface area contributed by atoms with Crippen LogP contribution in [0.3, 0.4) is 0 Å². The number of benzene rings is 3. The van der Waals surface area contributed by atoms with Crippen LogP contribution in [0.5, 0.6) is 0 Å². The monoisotopic (exact) mass is 394 g/mol. The minimum Gasteiger partial charge on any atom is -0.286 e. The Kier molecular flexibility index (Phi) is 6.24. The average molecular weight is 394 g/mol. The van der Waals surface area contributed by atoms with Crippen molar-refractivity contribution in [1.29, 1.82) is 0 Å². The SMILES string of the molecule is Cc1cccnc1C/N=C/c1ccccc1P(c1ccccc1)c1ccccc1. The smallest absolute Gasteiger partial charge is 0.0814 e. The van der Waals surface area contributed by atoms with E-state index in [-0.39, 0.29) is 0 Å². The van der Waals surface area contributed by atoms with E-state index in [2.05, 4.69) is 103 Å². The Morgan fingerprint density at radius 1 is 0.759 bits per heavy atom. The van der Waals surface area contributed by atoms with Crippen molar-refractivity contribution in [2.45, 2.75) is 13.5 Å². The van der Waals surface area contributed by atoms with Gasteiger partial charge in [0.05, 0.1) is 12.2 Å². The molecule has 0 saturated heterocycles. The predicted molar refractivity (Wildman–Crippen MR) is 125 cm³/mol. The molecule has 0 spiro atoms. The van der Waals surface area contributed by atoms with Gasteiger partial charge < -0.3 is 0 Å². The molecule has 2 nitrogen and oxygen atoms in total. The van der Waals surface area contributed by atoms with E-state index in [0.29, 0.717) is 6.54 Å². The summed E-state index contributed by atoms with van der Waals surface area (Å²) in [6, 6.07) is 34.2. The molecule has 0 N–H and O–H groups in total. The normalized spacial score (nSPS) is 11.2. The highest BCUT2D eigenvalue weighted by atomic mass is 31.1. The van der Waals surface area contributed by atoms with Crippen LogP contribution in [-0.4, -0.2) is 11.2 Å². The van der Waals surface area contributed by atoms with Gasteiger partial charge in [-0.2, -0.15) is 0 Å². The van der Waals surface area contributed by atoms with Gasteiger partial charge in [-0.25, -0.2) is 0 Å². The van der Waals surface area contributed by atoms with Gasteiger partial charge in [0.25, 0.3) is 0 Å². The van der Waals surface area contributed by atoms with E-state index in [9.17, 15) is 0 Å². The number of aryl methyl sites for hydroxylation is 1. The van der Waals surface area contributed by atoms with E-state index in [1.807, 2.05) is 18.5 Å². The van der Waals surface area contributed by atoms with E-state index < -0.39 is 7.92 Å². The fourth-order valence-corrected chi connectivity index (χ4v) is 5.72. The highest BCUT2D eigenvalue weighted by Gasteiger charge is 2.18. The van der Waals surface area contributed by atoms with E-state index in [4.69, 9.17) is 4.99 Å². The van der Waals surface area contributed by atoms with Crippen LogP contribution in [0.1, 0.15) is 16.8 Å². The summed E-state index contributed by atoms with van der Waals surface area (Å²) in [7, 11) is -0.651. The second-order valence-corrected chi connectivity index (χ2v) is 8.99. The van der Waals surface area contributed by atoms with Crippen LogP contribution >= 0.6 is 7.92 Å². The van der Waals surface area contributed by atoms with Gasteiger partial charge in [-0.05, 0) is 42.4 Å². The maximum atomic E-state index is 4.73. The van der Waals surface area contributed by atoms with Gasteiger partial charge in [0.1, 0.15) is 0 Å². The topological polar surface area (TPSA) is 25.2 Å². The lowest BCUT2D eigenvalue weighted by molar-refractivity contribution is 0.973. The Hall–Kier alpha value is -3.09. The molecule has 3 heteroatoms. The number of pyridine rings is 1. The zero-order valence-electron chi connectivity index (χ0n) is 16.4. The first-order valence-electron chi connectivity index (χ1n) is 9.72. The standard InChI is InChI=1S/C26H23N2P/c1-21-11-10-18-28-25(21)20-27-19-22-12-8-9-17-26(22)29(23-13-4-2-5-14-23)24-15-6-3-7-16-24/h2-19H,20H2,1H3/b27-19+. The van der Waals surface area contributed by atoms with Gasteiger partial charge in [0.15, 0.2) is 0 Å². The molecule has 1 heterocycles. The number of hydrogen-bond donors (Lipinski definition) is 0. The number of aromatic nitrogens is 1. The van der Waals surface area contributed by atoms with Gasteiger partial charge in [-0.15, -0.1) is 0 Å². The molecular weight excluding hydrogens is 371 g/mol.